The van der Waals surface area contributed by atoms with Gasteiger partial charge in [0.05, 0.1) is 40.7 Å². The number of quaternary nitrogens is 2. The van der Waals surface area contributed by atoms with Crippen molar-refractivity contribution in [2.45, 2.75) is 13.3 Å². The van der Waals surface area contributed by atoms with Crippen LogP contribution in [0.15, 0.2) is 18.2 Å². The second kappa shape index (κ2) is 7.13. The number of hydrogen-bond donors (Lipinski definition) is 3. The summed E-state index contributed by atoms with van der Waals surface area (Å²) < 4.78 is 0. The zero-order valence-corrected chi connectivity index (χ0v) is 11.8. The zero-order valence-electron chi connectivity index (χ0n) is 11.8. The van der Waals surface area contributed by atoms with Crippen molar-refractivity contribution in [3.63, 3.8) is 0 Å². The van der Waals surface area contributed by atoms with Gasteiger partial charge in [-0.05, 0) is 24.1 Å². The molecule has 0 aromatic heterocycles. The van der Waals surface area contributed by atoms with E-state index in [1.54, 1.807) is 0 Å². The number of carbonyl (C=O) groups is 1. The quantitative estimate of drug-likeness (QED) is 0.537. The van der Waals surface area contributed by atoms with Gasteiger partial charge in [0.15, 0.2) is 0 Å². The van der Waals surface area contributed by atoms with Crippen LogP contribution in [0.25, 0.3) is 0 Å². The highest BCUT2D eigenvalue weighted by Crippen LogP contribution is 2.12. The lowest BCUT2D eigenvalue weighted by atomic mass is 10.0. The summed E-state index contributed by atoms with van der Waals surface area (Å²) >= 11 is 0. The fourth-order valence-corrected chi connectivity index (χ4v) is 1.75. The average molecular weight is 251 g/mol. The largest absolute Gasteiger partial charge is 0.350 e. The third-order valence-corrected chi connectivity index (χ3v) is 3.00. The first-order chi connectivity index (χ1) is 8.52. The Kier molecular flexibility index (Phi) is 5.82. The lowest BCUT2D eigenvalue weighted by Gasteiger charge is -2.10. The molecule has 1 aromatic carbocycles. The number of nitrogens with one attached hydrogen (secondary N) is 2. The zero-order chi connectivity index (χ0) is 13.5. The standard InChI is InChI=1S/C14H23N3O/c1-11-5-6-13(15-2)9-12(11)10-14(18)16-7-8-17(3)4/h5-6,9,15H,7-8,10H2,1-4H3,(H,16,18)/p+2. The number of amides is 1. The maximum atomic E-state index is 11.8. The number of nitrogens with two attached hydrogens (primary N) is 1. The number of likely N-dealkylation sites (N-methyl/N-ethyl adjacent to an activating group) is 1. The first-order valence-corrected chi connectivity index (χ1v) is 6.47. The predicted octanol–water partition coefficient (Wildman–Crippen LogP) is -1.38. The van der Waals surface area contributed by atoms with E-state index < -0.39 is 0 Å². The van der Waals surface area contributed by atoms with Crippen LogP contribution in [0.3, 0.4) is 0 Å². The van der Waals surface area contributed by atoms with Gasteiger partial charge in [0.2, 0.25) is 5.91 Å². The minimum Gasteiger partial charge on any atom is -0.350 e. The maximum absolute atomic E-state index is 11.8. The molecule has 0 radical (unpaired) electrons. The molecule has 0 fully saturated rings. The van der Waals surface area contributed by atoms with E-state index >= 15 is 0 Å². The topological polar surface area (TPSA) is 50.1 Å². The van der Waals surface area contributed by atoms with Crippen LogP contribution >= 0.6 is 0 Å². The van der Waals surface area contributed by atoms with Crippen molar-refractivity contribution < 1.29 is 15.0 Å². The van der Waals surface area contributed by atoms with Crippen LogP contribution < -0.4 is 15.5 Å². The predicted molar refractivity (Wildman–Crippen MR) is 73.1 cm³/mol. The summed E-state index contributed by atoms with van der Waals surface area (Å²) in [7, 11) is 6.17. The summed E-state index contributed by atoms with van der Waals surface area (Å²) in [5.41, 5.74) is 3.45. The minimum atomic E-state index is 0.104. The van der Waals surface area contributed by atoms with Crippen LogP contribution in [0.5, 0.6) is 0 Å². The molecule has 0 spiro atoms. The minimum absolute atomic E-state index is 0.104. The third kappa shape index (κ3) is 4.85. The van der Waals surface area contributed by atoms with E-state index in [1.807, 2.05) is 14.0 Å². The lowest BCUT2D eigenvalue weighted by molar-refractivity contribution is -0.856. The van der Waals surface area contributed by atoms with E-state index in [9.17, 15) is 4.79 Å². The first-order valence-electron chi connectivity index (χ1n) is 6.47. The molecule has 0 bridgehead atoms. The molecule has 4 heteroatoms. The van der Waals surface area contributed by atoms with Crippen molar-refractivity contribution in [2.24, 2.45) is 0 Å². The number of carbonyl (C=O) groups excluding carboxylic acids is 1. The van der Waals surface area contributed by atoms with Crippen molar-refractivity contribution in [3.8, 4) is 0 Å². The number of benzene rings is 1. The van der Waals surface area contributed by atoms with Gasteiger partial charge in [-0.2, -0.15) is 0 Å². The van der Waals surface area contributed by atoms with E-state index in [2.05, 4.69) is 42.9 Å². The fraction of sp³-hybridized carbons (Fsp3) is 0.500. The van der Waals surface area contributed by atoms with Crippen LogP contribution in [-0.2, 0) is 11.2 Å². The molecule has 0 saturated heterocycles. The first kappa shape index (κ1) is 14.7. The molecule has 0 heterocycles. The van der Waals surface area contributed by atoms with E-state index in [1.165, 1.54) is 16.2 Å². The van der Waals surface area contributed by atoms with Gasteiger partial charge in [-0.15, -0.1) is 0 Å². The molecule has 1 amide bonds. The highest BCUT2D eigenvalue weighted by molar-refractivity contribution is 5.79. The molecular formula is C14H25N3O+2. The van der Waals surface area contributed by atoms with E-state index in [0.29, 0.717) is 6.42 Å². The Bertz CT molecular complexity index is 402. The van der Waals surface area contributed by atoms with Crippen molar-refractivity contribution in [2.75, 3.05) is 34.2 Å². The Morgan fingerprint density at radius 3 is 2.72 bits per heavy atom. The van der Waals surface area contributed by atoms with Crippen molar-refractivity contribution in [1.29, 1.82) is 0 Å². The van der Waals surface area contributed by atoms with Crippen LogP contribution in [-0.4, -0.2) is 40.1 Å². The molecule has 0 unspecified atom stereocenters. The Morgan fingerprint density at radius 2 is 2.11 bits per heavy atom. The van der Waals surface area contributed by atoms with Gasteiger partial charge in [-0.1, -0.05) is 6.07 Å². The molecular weight excluding hydrogens is 226 g/mol. The molecule has 1 aromatic rings. The summed E-state index contributed by atoms with van der Waals surface area (Å²) in [6.45, 7) is 3.74. The second-order valence-corrected chi connectivity index (χ2v) is 4.96. The Labute approximate surface area is 109 Å². The summed E-state index contributed by atoms with van der Waals surface area (Å²) in [4.78, 5) is 13.2. The molecule has 0 aliphatic carbocycles. The molecule has 4 N–H and O–H groups in total. The van der Waals surface area contributed by atoms with Crippen molar-refractivity contribution >= 4 is 11.6 Å². The van der Waals surface area contributed by atoms with E-state index in [0.717, 1.165) is 18.7 Å². The van der Waals surface area contributed by atoms with Gasteiger partial charge in [-0.3, -0.25) is 4.79 Å². The van der Waals surface area contributed by atoms with Crippen LogP contribution in [0, 0.1) is 6.92 Å². The van der Waals surface area contributed by atoms with Crippen LogP contribution in [0.1, 0.15) is 11.1 Å². The van der Waals surface area contributed by atoms with Crippen molar-refractivity contribution in [3.05, 3.63) is 29.3 Å². The highest BCUT2D eigenvalue weighted by Gasteiger charge is 2.08. The number of aryl methyl sites for hydroxylation is 1. The third-order valence-electron chi connectivity index (χ3n) is 3.00. The summed E-state index contributed by atoms with van der Waals surface area (Å²) in [6.07, 6.45) is 0.469. The normalized spacial score (nSPS) is 10.7. The Morgan fingerprint density at radius 1 is 1.39 bits per heavy atom. The summed E-state index contributed by atoms with van der Waals surface area (Å²) in [5, 5.41) is 5.01. The van der Waals surface area contributed by atoms with Gasteiger partial charge >= 0.3 is 0 Å². The molecule has 18 heavy (non-hydrogen) atoms. The molecule has 0 aliphatic rings. The van der Waals surface area contributed by atoms with Gasteiger partial charge in [0, 0.05) is 6.07 Å². The van der Waals surface area contributed by atoms with Crippen LogP contribution in [0.2, 0.25) is 0 Å². The van der Waals surface area contributed by atoms with Gasteiger partial charge in [0.1, 0.15) is 5.69 Å². The maximum Gasteiger partial charge on any atom is 0.224 e. The lowest BCUT2D eigenvalue weighted by Crippen LogP contribution is -3.06. The summed E-state index contributed by atoms with van der Waals surface area (Å²) in [6, 6.07) is 6.24. The number of hydrogen-bond acceptors (Lipinski definition) is 1. The molecule has 4 nitrogen and oxygen atoms in total. The molecule has 0 atom stereocenters. The number of rotatable bonds is 6. The van der Waals surface area contributed by atoms with Gasteiger partial charge in [0.25, 0.3) is 0 Å². The monoisotopic (exact) mass is 251 g/mol. The smallest absolute Gasteiger partial charge is 0.224 e. The van der Waals surface area contributed by atoms with E-state index in [-0.39, 0.29) is 5.91 Å². The summed E-state index contributed by atoms with van der Waals surface area (Å²) in [5.74, 6) is 0.104. The fourth-order valence-electron chi connectivity index (χ4n) is 1.75. The average Bonchev–Trinajstić information content (AvgIpc) is 2.31. The SMILES string of the molecule is C[NH2+]c1ccc(C)c(CC(=O)NCC[NH+](C)C)c1. The second-order valence-electron chi connectivity index (χ2n) is 4.96. The van der Waals surface area contributed by atoms with Gasteiger partial charge < -0.3 is 15.5 Å². The highest BCUT2D eigenvalue weighted by atomic mass is 16.1. The van der Waals surface area contributed by atoms with E-state index in [4.69, 9.17) is 0 Å². The Hall–Kier alpha value is -1.39. The van der Waals surface area contributed by atoms with Gasteiger partial charge in [-0.25, -0.2) is 0 Å². The molecule has 0 aliphatic heterocycles. The molecule has 100 valence electrons. The Balaban J connectivity index is 2.53. The van der Waals surface area contributed by atoms with Crippen LogP contribution in [0.4, 0.5) is 5.69 Å². The molecule has 0 saturated carbocycles. The molecule has 1 rings (SSSR count). The van der Waals surface area contributed by atoms with Crippen molar-refractivity contribution in [1.82, 2.24) is 5.32 Å².